The van der Waals surface area contributed by atoms with Crippen LogP contribution in [0.2, 0.25) is 0 Å². The van der Waals surface area contributed by atoms with E-state index in [9.17, 15) is 13.2 Å². The number of hydrogen-bond acceptors (Lipinski definition) is 5. The lowest BCUT2D eigenvalue weighted by Crippen LogP contribution is -2.41. The Bertz CT molecular complexity index is 887. The van der Waals surface area contributed by atoms with E-state index >= 15 is 0 Å². The van der Waals surface area contributed by atoms with E-state index in [4.69, 9.17) is 16.3 Å². The third-order valence-electron chi connectivity index (χ3n) is 3.72. The lowest BCUT2D eigenvalue weighted by Gasteiger charge is -2.26. The Morgan fingerprint density at radius 3 is 2.52 bits per heavy atom. The quantitative estimate of drug-likeness (QED) is 0.712. The third kappa shape index (κ3) is 2.61. The lowest BCUT2D eigenvalue weighted by molar-refractivity contribution is 0.0730. The van der Waals surface area contributed by atoms with Crippen LogP contribution in [0.4, 0.5) is 0 Å². The molecule has 1 aromatic heterocycles. The Labute approximate surface area is 141 Å². The molecule has 3 rings (SSSR count). The maximum atomic E-state index is 13.0. The SMILES string of the molecule is NC(=O)c1c(S(=O)(=O)N2CCOCC2)c2cc(Br)ccc2n1N. The largest absolute Gasteiger partial charge is 0.379 e. The summed E-state index contributed by atoms with van der Waals surface area (Å²) in [6, 6.07) is 4.95. The minimum Gasteiger partial charge on any atom is -0.379 e. The summed E-state index contributed by atoms with van der Waals surface area (Å²) in [7, 11) is -3.93. The van der Waals surface area contributed by atoms with Crippen molar-refractivity contribution in [1.82, 2.24) is 8.98 Å². The van der Waals surface area contributed by atoms with Gasteiger partial charge in [-0.1, -0.05) is 15.9 Å². The number of rotatable bonds is 3. The van der Waals surface area contributed by atoms with Crippen molar-refractivity contribution in [3.05, 3.63) is 28.4 Å². The molecule has 1 aromatic carbocycles. The molecule has 0 spiro atoms. The Balaban J connectivity index is 2.32. The number of primary amides is 1. The number of amides is 1. The number of fused-ring (bicyclic) bond motifs is 1. The smallest absolute Gasteiger partial charge is 0.268 e. The fraction of sp³-hybridized carbons (Fsp3) is 0.308. The second-order valence-electron chi connectivity index (χ2n) is 5.09. The number of benzene rings is 1. The minimum atomic E-state index is -3.93. The number of nitrogen functional groups attached to an aromatic ring is 1. The summed E-state index contributed by atoms with van der Waals surface area (Å²) in [5.74, 6) is 5.01. The van der Waals surface area contributed by atoms with Gasteiger partial charge in [0.25, 0.3) is 5.91 Å². The fourth-order valence-corrected chi connectivity index (χ4v) is 4.80. The summed E-state index contributed by atoms with van der Waals surface area (Å²) in [5, 5.41) is 0.349. The van der Waals surface area contributed by atoms with E-state index in [1.54, 1.807) is 18.2 Å². The van der Waals surface area contributed by atoms with Gasteiger partial charge in [-0.2, -0.15) is 4.31 Å². The first-order valence-corrected chi connectivity index (χ1v) is 9.04. The van der Waals surface area contributed by atoms with Gasteiger partial charge in [-0.15, -0.1) is 0 Å². The normalized spacial score (nSPS) is 16.7. The average molecular weight is 403 g/mol. The van der Waals surface area contributed by atoms with Gasteiger partial charge in [0, 0.05) is 22.9 Å². The molecule has 4 N–H and O–H groups in total. The molecule has 10 heteroatoms. The molecule has 0 aliphatic carbocycles. The highest BCUT2D eigenvalue weighted by Gasteiger charge is 2.35. The van der Waals surface area contributed by atoms with E-state index in [-0.39, 0.29) is 23.7 Å². The van der Waals surface area contributed by atoms with Crippen molar-refractivity contribution < 1.29 is 17.9 Å². The summed E-state index contributed by atoms with van der Waals surface area (Å²) < 4.78 is 34.2. The number of sulfonamides is 1. The van der Waals surface area contributed by atoms with Crippen molar-refractivity contribution in [2.75, 3.05) is 32.1 Å². The van der Waals surface area contributed by atoms with Gasteiger partial charge < -0.3 is 16.3 Å². The van der Waals surface area contributed by atoms with Crippen molar-refractivity contribution in [3.8, 4) is 0 Å². The van der Waals surface area contributed by atoms with Crippen LogP contribution >= 0.6 is 15.9 Å². The monoisotopic (exact) mass is 402 g/mol. The van der Waals surface area contributed by atoms with Gasteiger partial charge in [0.15, 0.2) is 0 Å². The van der Waals surface area contributed by atoms with E-state index in [0.29, 0.717) is 28.6 Å². The maximum Gasteiger partial charge on any atom is 0.268 e. The molecule has 1 aliphatic heterocycles. The van der Waals surface area contributed by atoms with Crippen LogP contribution in [0.1, 0.15) is 10.5 Å². The topological polar surface area (TPSA) is 121 Å². The minimum absolute atomic E-state index is 0.161. The van der Waals surface area contributed by atoms with E-state index < -0.39 is 15.9 Å². The Morgan fingerprint density at radius 2 is 1.91 bits per heavy atom. The fourth-order valence-electron chi connectivity index (χ4n) is 2.67. The summed E-state index contributed by atoms with van der Waals surface area (Å²) >= 11 is 3.31. The predicted octanol–water partition coefficient (Wildman–Crippen LogP) is 0.237. The van der Waals surface area contributed by atoms with E-state index in [0.717, 1.165) is 4.68 Å². The van der Waals surface area contributed by atoms with Crippen LogP contribution in [0, 0.1) is 0 Å². The molecule has 1 amide bonds. The molecule has 2 heterocycles. The lowest BCUT2D eigenvalue weighted by atomic mass is 10.2. The van der Waals surface area contributed by atoms with Crippen LogP contribution < -0.4 is 11.6 Å². The van der Waals surface area contributed by atoms with E-state index in [2.05, 4.69) is 15.9 Å². The first-order chi connectivity index (χ1) is 10.8. The van der Waals surface area contributed by atoms with Crippen LogP contribution in [0.5, 0.6) is 0 Å². The number of hydrogen-bond donors (Lipinski definition) is 2. The molecule has 1 aliphatic rings. The van der Waals surface area contributed by atoms with Crippen molar-refractivity contribution in [1.29, 1.82) is 0 Å². The second-order valence-corrected chi connectivity index (χ2v) is 7.88. The molecule has 0 saturated carbocycles. The van der Waals surface area contributed by atoms with Crippen LogP contribution in [0.3, 0.4) is 0 Å². The Kier molecular flexibility index (Phi) is 4.08. The van der Waals surface area contributed by atoms with Crippen molar-refractivity contribution in [2.45, 2.75) is 4.90 Å². The number of nitrogens with zero attached hydrogens (tertiary/aromatic N) is 2. The first-order valence-electron chi connectivity index (χ1n) is 6.81. The maximum absolute atomic E-state index is 13.0. The Hall–Kier alpha value is -1.62. The summed E-state index contributed by atoms with van der Waals surface area (Å²) in [4.78, 5) is 11.7. The number of aromatic nitrogens is 1. The zero-order valence-electron chi connectivity index (χ0n) is 12.0. The number of ether oxygens (including phenoxy) is 1. The predicted molar refractivity (Wildman–Crippen MR) is 87.9 cm³/mol. The van der Waals surface area contributed by atoms with Crippen LogP contribution in [0.15, 0.2) is 27.6 Å². The summed E-state index contributed by atoms with van der Waals surface area (Å²) in [6.45, 7) is 1.03. The molecular formula is C13H15BrN4O4S. The van der Waals surface area contributed by atoms with Crippen LogP contribution in [-0.2, 0) is 14.8 Å². The van der Waals surface area contributed by atoms with Crippen molar-refractivity contribution in [2.24, 2.45) is 5.73 Å². The van der Waals surface area contributed by atoms with Gasteiger partial charge in [0.05, 0.1) is 18.7 Å². The molecule has 0 radical (unpaired) electrons. The number of halogens is 1. The zero-order valence-corrected chi connectivity index (χ0v) is 14.4. The molecule has 1 fully saturated rings. The number of nitrogens with two attached hydrogens (primary N) is 2. The highest BCUT2D eigenvalue weighted by molar-refractivity contribution is 9.10. The third-order valence-corrected chi connectivity index (χ3v) is 6.19. The zero-order chi connectivity index (χ0) is 16.8. The molecule has 124 valence electrons. The van der Waals surface area contributed by atoms with E-state index in [1.165, 1.54) is 4.31 Å². The summed E-state index contributed by atoms with van der Waals surface area (Å²) in [5.41, 5.74) is 5.56. The number of carbonyl (C=O) groups excluding carboxylic acids is 1. The average Bonchev–Trinajstić information content (AvgIpc) is 2.81. The van der Waals surface area contributed by atoms with Crippen LogP contribution in [-0.4, -0.2) is 49.6 Å². The van der Waals surface area contributed by atoms with Gasteiger partial charge in [0.1, 0.15) is 10.6 Å². The highest BCUT2D eigenvalue weighted by atomic mass is 79.9. The molecule has 0 bridgehead atoms. The van der Waals surface area contributed by atoms with E-state index in [1.807, 2.05) is 0 Å². The second kappa shape index (κ2) is 5.78. The summed E-state index contributed by atoms with van der Waals surface area (Å²) in [6.07, 6.45) is 0. The molecule has 1 saturated heterocycles. The van der Waals surface area contributed by atoms with Gasteiger partial charge in [-0.25, -0.2) is 8.42 Å². The molecule has 0 atom stereocenters. The van der Waals surface area contributed by atoms with Crippen LogP contribution in [0.25, 0.3) is 10.9 Å². The molecule has 0 unspecified atom stereocenters. The van der Waals surface area contributed by atoms with Crippen molar-refractivity contribution in [3.63, 3.8) is 0 Å². The number of morpholine rings is 1. The van der Waals surface area contributed by atoms with Crippen molar-refractivity contribution >= 4 is 42.8 Å². The van der Waals surface area contributed by atoms with Gasteiger partial charge in [-0.3, -0.25) is 9.47 Å². The van der Waals surface area contributed by atoms with Gasteiger partial charge in [-0.05, 0) is 18.2 Å². The first kappa shape index (κ1) is 16.2. The molecular weight excluding hydrogens is 388 g/mol. The van der Waals surface area contributed by atoms with Gasteiger partial charge >= 0.3 is 0 Å². The highest BCUT2D eigenvalue weighted by Crippen LogP contribution is 2.33. The molecule has 8 nitrogen and oxygen atoms in total. The molecule has 2 aromatic rings. The Morgan fingerprint density at radius 1 is 1.26 bits per heavy atom. The van der Waals surface area contributed by atoms with Gasteiger partial charge in [0.2, 0.25) is 10.0 Å². The number of carbonyl (C=O) groups is 1. The molecule has 23 heavy (non-hydrogen) atoms. The standard InChI is InChI=1S/C13H15BrN4O4S/c14-8-1-2-10-9(7-8)12(11(13(15)19)18(10)16)23(20,21)17-3-5-22-6-4-17/h1-2,7H,3-6,16H2,(H2,15,19).